The van der Waals surface area contributed by atoms with E-state index in [2.05, 4.69) is 31.0 Å². The second-order valence-corrected chi connectivity index (χ2v) is 6.35. The first-order chi connectivity index (χ1) is 13.2. The van der Waals surface area contributed by atoms with E-state index in [9.17, 15) is 0 Å². The molecule has 0 radical (unpaired) electrons. The van der Waals surface area contributed by atoms with E-state index in [1.54, 1.807) is 12.3 Å². The van der Waals surface area contributed by atoms with Crippen molar-refractivity contribution in [3.8, 4) is 11.5 Å². The maximum Gasteiger partial charge on any atom is 0.222 e. The van der Waals surface area contributed by atoms with Crippen molar-refractivity contribution in [3.05, 3.63) is 103 Å². The van der Waals surface area contributed by atoms with E-state index in [1.165, 1.54) is 5.56 Å². The highest BCUT2D eigenvalue weighted by molar-refractivity contribution is 5.91. The predicted molar refractivity (Wildman–Crippen MR) is 111 cm³/mol. The molecular weight excluding hydrogens is 334 g/mol. The molecule has 0 bridgehead atoms. The number of nitrogens with zero attached hydrogens (tertiary/aromatic N) is 1. The van der Waals surface area contributed by atoms with Crippen LogP contribution in [-0.2, 0) is 0 Å². The van der Waals surface area contributed by atoms with Crippen molar-refractivity contribution in [2.75, 3.05) is 0 Å². The van der Waals surface area contributed by atoms with Crippen molar-refractivity contribution in [1.29, 1.82) is 0 Å². The molecule has 0 aliphatic rings. The third-order valence-corrected chi connectivity index (χ3v) is 3.92. The Labute approximate surface area is 160 Å². The summed E-state index contributed by atoms with van der Waals surface area (Å²) >= 11 is 0. The van der Waals surface area contributed by atoms with Gasteiger partial charge in [0.25, 0.3) is 0 Å². The summed E-state index contributed by atoms with van der Waals surface area (Å²) in [4.78, 5) is 4.61. The number of ether oxygens (including phenoxy) is 2. The molecule has 3 rings (SSSR count). The molecule has 3 aromatic carbocycles. The van der Waals surface area contributed by atoms with Crippen molar-refractivity contribution in [1.82, 2.24) is 0 Å². The quantitative estimate of drug-likeness (QED) is 0.286. The summed E-state index contributed by atoms with van der Waals surface area (Å²) in [7, 11) is 0. The first-order valence-corrected chi connectivity index (χ1v) is 9.00. The lowest BCUT2D eigenvalue weighted by Crippen LogP contribution is -2.05. The SMILES string of the molecule is CC(C)c1ccc(N=C(C=COc2ccccc2)Oc2ccccc2)cc1. The Kier molecular flexibility index (Phi) is 6.42. The number of benzene rings is 3. The van der Waals surface area contributed by atoms with Crippen LogP contribution < -0.4 is 9.47 Å². The van der Waals surface area contributed by atoms with Gasteiger partial charge in [-0.05, 0) is 47.9 Å². The average Bonchev–Trinajstić information content (AvgIpc) is 2.70. The van der Waals surface area contributed by atoms with Crippen molar-refractivity contribution in [3.63, 3.8) is 0 Å². The number of rotatable bonds is 6. The molecule has 0 aromatic heterocycles. The molecule has 3 heteroatoms. The largest absolute Gasteiger partial charge is 0.465 e. The fourth-order valence-electron chi connectivity index (χ4n) is 2.43. The van der Waals surface area contributed by atoms with Gasteiger partial charge in [0.05, 0.1) is 11.9 Å². The maximum atomic E-state index is 5.92. The van der Waals surface area contributed by atoms with E-state index in [-0.39, 0.29) is 0 Å². The van der Waals surface area contributed by atoms with Gasteiger partial charge in [-0.15, -0.1) is 0 Å². The first kappa shape index (κ1) is 18.5. The number of para-hydroxylation sites is 2. The minimum atomic E-state index is 0.453. The van der Waals surface area contributed by atoms with E-state index >= 15 is 0 Å². The summed E-state index contributed by atoms with van der Waals surface area (Å²) in [6, 6.07) is 27.3. The van der Waals surface area contributed by atoms with E-state index in [0.717, 1.165) is 17.2 Å². The molecule has 136 valence electrons. The molecule has 0 saturated carbocycles. The van der Waals surface area contributed by atoms with Gasteiger partial charge in [0.15, 0.2) is 0 Å². The first-order valence-electron chi connectivity index (χ1n) is 9.00. The van der Waals surface area contributed by atoms with Crippen LogP contribution in [-0.4, -0.2) is 5.90 Å². The lowest BCUT2D eigenvalue weighted by molar-refractivity contribution is 0.479. The average molecular weight is 357 g/mol. The van der Waals surface area contributed by atoms with Gasteiger partial charge in [0.2, 0.25) is 5.90 Å². The zero-order chi connectivity index (χ0) is 18.9. The van der Waals surface area contributed by atoms with E-state index in [1.807, 2.05) is 72.8 Å². The van der Waals surface area contributed by atoms with E-state index in [0.29, 0.717) is 11.8 Å². The van der Waals surface area contributed by atoms with Gasteiger partial charge >= 0.3 is 0 Å². The number of aliphatic imine (C=N–C) groups is 1. The summed E-state index contributed by atoms with van der Waals surface area (Å²) in [5.41, 5.74) is 2.11. The fourth-order valence-corrected chi connectivity index (χ4v) is 2.43. The molecule has 0 N–H and O–H groups in total. The predicted octanol–water partition coefficient (Wildman–Crippen LogP) is 6.51. The van der Waals surface area contributed by atoms with Crippen LogP contribution in [0.3, 0.4) is 0 Å². The lowest BCUT2D eigenvalue weighted by Gasteiger charge is -2.07. The Morgan fingerprint density at radius 1 is 0.778 bits per heavy atom. The molecule has 0 spiro atoms. The highest BCUT2D eigenvalue weighted by Gasteiger charge is 2.02. The summed E-state index contributed by atoms with van der Waals surface area (Å²) in [5, 5.41) is 0. The number of hydrogen-bond acceptors (Lipinski definition) is 3. The molecule has 0 heterocycles. The second-order valence-electron chi connectivity index (χ2n) is 6.35. The van der Waals surface area contributed by atoms with Gasteiger partial charge in [0.1, 0.15) is 11.5 Å². The third kappa shape index (κ3) is 5.86. The van der Waals surface area contributed by atoms with Gasteiger partial charge in [-0.25, -0.2) is 4.99 Å². The summed E-state index contributed by atoms with van der Waals surface area (Å²) in [6.07, 6.45) is 3.30. The summed E-state index contributed by atoms with van der Waals surface area (Å²) in [5.74, 6) is 2.42. The highest BCUT2D eigenvalue weighted by Crippen LogP contribution is 2.20. The molecule has 0 atom stereocenters. The second kappa shape index (κ2) is 9.39. The molecule has 3 aromatic rings. The Hall–Kier alpha value is -3.33. The Morgan fingerprint density at radius 3 is 1.96 bits per heavy atom. The van der Waals surface area contributed by atoms with Gasteiger partial charge < -0.3 is 9.47 Å². The van der Waals surface area contributed by atoms with Crippen molar-refractivity contribution >= 4 is 11.6 Å². The summed E-state index contributed by atoms with van der Waals surface area (Å²) in [6.45, 7) is 4.34. The standard InChI is InChI=1S/C24H23NO2/c1-19(2)20-13-15-21(16-14-20)25-24(27-23-11-7-4-8-12-23)17-18-26-22-9-5-3-6-10-22/h3-19H,1-2H3. The molecule has 0 fully saturated rings. The van der Waals surface area contributed by atoms with Gasteiger partial charge in [-0.1, -0.05) is 62.4 Å². The Bertz CT molecular complexity index is 883. The molecule has 0 amide bonds. The Balaban J connectivity index is 1.80. The summed E-state index contributed by atoms with van der Waals surface area (Å²) < 4.78 is 11.5. The minimum absolute atomic E-state index is 0.453. The van der Waals surface area contributed by atoms with Crippen LogP contribution in [0.1, 0.15) is 25.3 Å². The molecule has 0 saturated heterocycles. The van der Waals surface area contributed by atoms with Crippen molar-refractivity contribution in [2.45, 2.75) is 19.8 Å². The Morgan fingerprint density at radius 2 is 1.37 bits per heavy atom. The van der Waals surface area contributed by atoms with E-state index < -0.39 is 0 Å². The third-order valence-electron chi connectivity index (χ3n) is 3.92. The fraction of sp³-hybridized carbons (Fsp3) is 0.125. The van der Waals surface area contributed by atoms with Crippen LogP contribution in [0.4, 0.5) is 5.69 Å². The van der Waals surface area contributed by atoms with Crippen LogP contribution in [0.15, 0.2) is 102 Å². The molecule has 3 nitrogen and oxygen atoms in total. The maximum absolute atomic E-state index is 5.92. The lowest BCUT2D eigenvalue weighted by atomic mass is 10.0. The van der Waals surface area contributed by atoms with E-state index in [4.69, 9.17) is 9.47 Å². The van der Waals surface area contributed by atoms with Crippen molar-refractivity contribution < 1.29 is 9.47 Å². The van der Waals surface area contributed by atoms with Crippen LogP contribution >= 0.6 is 0 Å². The van der Waals surface area contributed by atoms with Crippen LogP contribution in [0, 0.1) is 0 Å². The number of hydrogen-bond donors (Lipinski definition) is 0. The smallest absolute Gasteiger partial charge is 0.222 e. The van der Waals surface area contributed by atoms with Crippen molar-refractivity contribution in [2.24, 2.45) is 4.99 Å². The topological polar surface area (TPSA) is 30.8 Å². The zero-order valence-electron chi connectivity index (χ0n) is 15.6. The van der Waals surface area contributed by atoms with Gasteiger partial charge in [-0.3, -0.25) is 0 Å². The molecule has 0 unspecified atom stereocenters. The van der Waals surface area contributed by atoms with Crippen LogP contribution in [0.2, 0.25) is 0 Å². The normalized spacial score (nSPS) is 11.7. The molecule has 27 heavy (non-hydrogen) atoms. The zero-order valence-corrected chi connectivity index (χ0v) is 15.6. The van der Waals surface area contributed by atoms with Gasteiger partial charge in [0, 0.05) is 6.08 Å². The monoisotopic (exact) mass is 357 g/mol. The highest BCUT2D eigenvalue weighted by atomic mass is 16.5. The van der Waals surface area contributed by atoms with Gasteiger partial charge in [-0.2, -0.15) is 0 Å². The van der Waals surface area contributed by atoms with Crippen LogP contribution in [0.5, 0.6) is 11.5 Å². The minimum Gasteiger partial charge on any atom is -0.465 e. The molecule has 0 aliphatic carbocycles. The molecule has 0 aliphatic heterocycles. The van der Waals surface area contributed by atoms with Crippen LogP contribution in [0.25, 0.3) is 0 Å². The molecular formula is C24H23NO2.